The average Bonchev–Trinajstić information content (AvgIpc) is 2.94. The van der Waals surface area contributed by atoms with E-state index in [1.165, 1.54) is 6.20 Å². The van der Waals surface area contributed by atoms with Gasteiger partial charge in [-0.05, 0) is 5.92 Å². The Kier molecular flexibility index (Phi) is 3.94. The number of aromatic nitrogens is 4. The molecule has 0 spiro atoms. The molecule has 7 heteroatoms. The summed E-state index contributed by atoms with van der Waals surface area (Å²) in [5.41, 5.74) is 0.492. The molecule has 0 saturated carbocycles. The number of hydrogen-bond donors (Lipinski definition) is 1. The lowest BCUT2D eigenvalue weighted by molar-refractivity contribution is 0.0941. The Balaban J connectivity index is 1.90. The third kappa shape index (κ3) is 3.40. The quantitative estimate of drug-likeness (QED) is 0.867. The van der Waals surface area contributed by atoms with Gasteiger partial charge in [0.2, 0.25) is 5.89 Å². The molecule has 0 aliphatic rings. The normalized spacial score (nSPS) is 10.9. The molecule has 0 aliphatic carbocycles. The lowest BCUT2D eigenvalue weighted by Gasteiger charge is -2.02. The summed E-state index contributed by atoms with van der Waals surface area (Å²) in [7, 11) is 1.76. The largest absolute Gasteiger partial charge is 0.343 e. The van der Waals surface area contributed by atoms with Gasteiger partial charge in [0.25, 0.3) is 5.91 Å². The molecule has 0 bridgehead atoms. The Morgan fingerprint density at radius 2 is 2.32 bits per heavy atom. The van der Waals surface area contributed by atoms with Gasteiger partial charge >= 0.3 is 0 Å². The highest BCUT2D eigenvalue weighted by Gasteiger charge is 2.12. The second-order valence-electron chi connectivity index (χ2n) is 4.77. The SMILES string of the molecule is CC(C)Cc1nc(CNC(=O)c2cncn2C)no1. The van der Waals surface area contributed by atoms with Crippen LogP contribution in [-0.4, -0.2) is 25.6 Å². The van der Waals surface area contributed by atoms with E-state index in [0.29, 0.717) is 23.3 Å². The summed E-state index contributed by atoms with van der Waals surface area (Å²) < 4.78 is 6.74. The lowest BCUT2D eigenvalue weighted by atomic mass is 10.1. The van der Waals surface area contributed by atoms with Crippen molar-refractivity contribution in [1.29, 1.82) is 0 Å². The van der Waals surface area contributed by atoms with Crippen LogP contribution in [0.4, 0.5) is 0 Å². The second kappa shape index (κ2) is 5.64. The minimum atomic E-state index is -0.213. The summed E-state index contributed by atoms with van der Waals surface area (Å²) in [5.74, 6) is 1.32. The van der Waals surface area contributed by atoms with Gasteiger partial charge in [-0.2, -0.15) is 4.98 Å². The summed E-state index contributed by atoms with van der Waals surface area (Å²) in [5, 5.41) is 6.55. The predicted octanol–water partition coefficient (Wildman–Crippen LogP) is 0.932. The Labute approximate surface area is 111 Å². The average molecular weight is 263 g/mol. The van der Waals surface area contributed by atoms with Crippen molar-refractivity contribution in [2.75, 3.05) is 0 Å². The Hall–Kier alpha value is -2.18. The van der Waals surface area contributed by atoms with Gasteiger partial charge in [0.05, 0.1) is 19.1 Å². The van der Waals surface area contributed by atoms with E-state index in [0.717, 1.165) is 6.42 Å². The smallest absolute Gasteiger partial charge is 0.269 e. The summed E-state index contributed by atoms with van der Waals surface area (Å²) in [6.45, 7) is 4.40. The van der Waals surface area contributed by atoms with Gasteiger partial charge in [-0.3, -0.25) is 4.79 Å². The molecule has 0 saturated heterocycles. The van der Waals surface area contributed by atoms with Crippen LogP contribution in [0.25, 0.3) is 0 Å². The van der Waals surface area contributed by atoms with Crippen molar-refractivity contribution < 1.29 is 9.32 Å². The van der Waals surface area contributed by atoms with E-state index in [2.05, 4.69) is 34.3 Å². The summed E-state index contributed by atoms with van der Waals surface area (Å²) >= 11 is 0. The van der Waals surface area contributed by atoms with Crippen LogP contribution in [0.1, 0.15) is 36.1 Å². The first-order chi connectivity index (χ1) is 9.06. The monoisotopic (exact) mass is 263 g/mol. The number of imidazole rings is 1. The molecular weight excluding hydrogens is 246 g/mol. The maximum absolute atomic E-state index is 11.8. The van der Waals surface area contributed by atoms with Crippen LogP contribution in [0, 0.1) is 5.92 Å². The van der Waals surface area contributed by atoms with Crippen molar-refractivity contribution in [3.63, 3.8) is 0 Å². The number of carbonyl (C=O) groups is 1. The topological polar surface area (TPSA) is 85.8 Å². The molecule has 0 fully saturated rings. The molecular formula is C12H17N5O2. The zero-order valence-corrected chi connectivity index (χ0v) is 11.3. The van der Waals surface area contributed by atoms with Crippen LogP contribution in [0.5, 0.6) is 0 Å². The first kappa shape index (κ1) is 13.3. The first-order valence-corrected chi connectivity index (χ1v) is 6.12. The van der Waals surface area contributed by atoms with E-state index >= 15 is 0 Å². The van der Waals surface area contributed by atoms with Crippen LogP contribution in [-0.2, 0) is 20.0 Å². The Morgan fingerprint density at radius 1 is 1.53 bits per heavy atom. The number of nitrogens with one attached hydrogen (secondary N) is 1. The van der Waals surface area contributed by atoms with Gasteiger partial charge in [-0.1, -0.05) is 19.0 Å². The molecule has 0 aliphatic heterocycles. The molecule has 102 valence electrons. The highest BCUT2D eigenvalue weighted by atomic mass is 16.5. The van der Waals surface area contributed by atoms with Crippen molar-refractivity contribution in [3.05, 3.63) is 29.9 Å². The van der Waals surface area contributed by atoms with Crippen LogP contribution >= 0.6 is 0 Å². The van der Waals surface area contributed by atoms with Gasteiger partial charge in [-0.15, -0.1) is 0 Å². The number of amides is 1. The van der Waals surface area contributed by atoms with Gasteiger partial charge in [-0.25, -0.2) is 4.98 Å². The van der Waals surface area contributed by atoms with Crippen molar-refractivity contribution in [3.8, 4) is 0 Å². The van der Waals surface area contributed by atoms with Gasteiger partial charge in [0.15, 0.2) is 5.82 Å². The molecule has 2 aromatic rings. The maximum Gasteiger partial charge on any atom is 0.269 e. The fourth-order valence-electron chi connectivity index (χ4n) is 1.62. The molecule has 0 radical (unpaired) electrons. The summed E-state index contributed by atoms with van der Waals surface area (Å²) in [4.78, 5) is 19.9. The van der Waals surface area contributed by atoms with Gasteiger partial charge < -0.3 is 14.4 Å². The molecule has 2 aromatic heterocycles. The molecule has 1 N–H and O–H groups in total. The van der Waals surface area contributed by atoms with E-state index in [-0.39, 0.29) is 12.5 Å². The second-order valence-corrected chi connectivity index (χ2v) is 4.77. The van der Waals surface area contributed by atoms with Gasteiger partial charge in [0.1, 0.15) is 5.69 Å². The van der Waals surface area contributed by atoms with Crippen molar-refractivity contribution in [2.45, 2.75) is 26.8 Å². The number of carbonyl (C=O) groups excluding carboxylic acids is 1. The molecule has 0 atom stereocenters. The van der Waals surface area contributed by atoms with E-state index < -0.39 is 0 Å². The number of nitrogens with zero attached hydrogens (tertiary/aromatic N) is 4. The third-order valence-electron chi connectivity index (χ3n) is 2.55. The predicted molar refractivity (Wildman–Crippen MR) is 67.2 cm³/mol. The zero-order valence-electron chi connectivity index (χ0n) is 11.3. The first-order valence-electron chi connectivity index (χ1n) is 6.12. The molecule has 0 aromatic carbocycles. The van der Waals surface area contributed by atoms with Crippen LogP contribution in [0.3, 0.4) is 0 Å². The molecule has 19 heavy (non-hydrogen) atoms. The minimum Gasteiger partial charge on any atom is -0.343 e. The minimum absolute atomic E-state index is 0.213. The van der Waals surface area contributed by atoms with E-state index in [1.807, 2.05) is 0 Å². The molecule has 0 unspecified atom stereocenters. The fraction of sp³-hybridized carbons (Fsp3) is 0.500. The van der Waals surface area contributed by atoms with E-state index in [4.69, 9.17) is 4.52 Å². The van der Waals surface area contributed by atoms with E-state index in [9.17, 15) is 4.79 Å². The van der Waals surface area contributed by atoms with Crippen molar-refractivity contribution in [2.24, 2.45) is 13.0 Å². The highest BCUT2D eigenvalue weighted by Crippen LogP contribution is 2.05. The third-order valence-corrected chi connectivity index (χ3v) is 2.55. The molecule has 2 heterocycles. The van der Waals surface area contributed by atoms with Gasteiger partial charge in [0, 0.05) is 13.5 Å². The fourth-order valence-corrected chi connectivity index (χ4v) is 1.62. The Morgan fingerprint density at radius 3 is 2.95 bits per heavy atom. The van der Waals surface area contributed by atoms with Crippen LogP contribution in [0.2, 0.25) is 0 Å². The zero-order chi connectivity index (χ0) is 13.8. The van der Waals surface area contributed by atoms with E-state index in [1.54, 1.807) is 17.9 Å². The van der Waals surface area contributed by atoms with Crippen molar-refractivity contribution in [1.82, 2.24) is 25.0 Å². The number of hydrogen-bond acceptors (Lipinski definition) is 5. The molecule has 7 nitrogen and oxygen atoms in total. The van der Waals surface area contributed by atoms with Crippen LogP contribution in [0.15, 0.2) is 17.0 Å². The molecule has 2 rings (SSSR count). The summed E-state index contributed by atoms with van der Waals surface area (Å²) in [6.07, 6.45) is 3.82. The maximum atomic E-state index is 11.8. The van der Waals surface area contributed by atoms with Crippen LogP contribution < -0.4 is 5.32 Å². The van der Waals surface area contributed by atoms with Crippen molar-refractivity contribution >= 4 is 5.91 Å². The number of aryl methyl sites for hydroxylation is 1. The lowest BCUT2D eigenvalue weighted by Crippen LogP contribution is -2.25. The number of rotatable bonds is 5. The highest BCUT2D eigenvalue weighted by molar-refractivity contribution is 5.92. The summed E-state index contributed by atoms with van der Waals surface area (Å²) in [6, 6.07) is 0. The molecule has 1 amide bonds. The Bertz CT molecular complexity index is 558. The standard InChI is InChI=1S/C12H17N5O2/c1-8(2)4-11-15-10(16-19-11)6-14-12(18)9-5-13-7-17(9)3/h5,7-8H,4,6H2,1-3H3,(H,14,18).